The molecule has 3 N–H and O–H groups in total. The van der Waals surface area contributed by atoms with E-state index in [0.29, 0.717) is 17.4 Å². The smallest absolute Gasteiger partial charge is 0.352 e. The Morgan fingerprint density at radius 2 is 1.81 bits per heavy atom. The molecule has 0 bridgehead atoms. The van der Waals surface area contributed by atoms with Gasteiger partial charge in [-0.15, -0.1) is 0 Å². The molecule has 0 radical (unpaired) electrons. The topological polar surface area (TPSA) is 96.3 Å². The summed E-state index contributed by atoms with van der Waals surface area (Å²) < 4.78 is 1.64. The number of carboxylic acid groups (broad SMARTS) is 1. The summed E-state index contributed by atoms with van der Waals surface area (Å²) in [6, 6.07) is 13.3. The van der Waals surface area contributed by atoms with Gasteiger partial charge in [0.25, 0.3) is 5.91 Å². The second-order valence-electron chi connectivity index (χ2n) is 8.38. The van der Waals surface area contributed by atoms with Gasteiger partial charge in [-0.05, 0) is 60.2 Å². The lowest BCUT2D eigenvalue weighted by Crippen LogP contribution is -2.25. The van der Waals surface area contributed by atoms with E-state index in [2.05, 4.69) is 29.6 Å². The zero-order chi connectivity index (χ0) is 23.0. The number of nitrogens with zero attached hydrogens (tertiary/aromatic N) is 2. The van der Waals surface area contributed by atoms with E-state index in [1.54, 1.807) is 10.8 Å². The Balaban J connectivity index is 1.69. The largest absolute Gasteiger partial charge is 0.477 e. The van der Waals surface area contributed by atoms with Crippen LogP contribution in [0.3, 0.4) is 0 Å². The van der Waals surface area contributed by atoms with Gasteiger partial charge in [-0.3, -0.25) is 4.79 Å². The molecule has 2 aromatic carbocycles. The Bertz CT molecular complexity index is 1220. The molecule has 0 saturated carbocycles. The Kier molecular flexibility index (Phi) is 5.57. The van der Waals surface area contributed by atoms with Crippen molar-refractivity contribution >= 4 is 23.4 Å². The molecule has 3 aromatic rings. The normalized spacial score (nSPS) is 15.0. The average molecular weight is 431 g/mol. The van der Waals surface area contributed by atoms with Gasteiger partial charge in [-0.25, -0.2) is 9.48 Å². The SMILES string of the molecule is Cc1ccc(NC(=O)c2cnn3c2NC(C(=O)O)=C[C@H]3c2ccc(C(C)C)cc2)cc1C. The highest BCUT2D eigenvalue weighted by Gasteiger charge is 2.29. The molecule has 4 rings (SSSR count). The van der Waals surface area contributed by atoms with Gasteiger partial charge in [-0.1, -0.05) is 44.2 Å². The Hall–Kier alpha value is -3.87. The van der Waals surface area contributed by atoms with Gasteiger partial charge >= 0.3 is 5.97 Å². The molecular weight excluding hydrogens is 404 g/mol. The van der Waals surface area contributed by atoms with Crippen LogP contribution in [0.2, 0.25) is 0 Å². The van der Waals surface area contributed by atoms with E-state index >= 15 is 0 Å². The molecular formula is C25H26N4O3. The maximum absolute atomic E-state index is 13.0. The van der Waals surface area contributed by atoms with Gasteiger partial charge in [0.15, 0.2) is 0 Å². The number of rotatable bonds is 5. The summed E-state index contributed by atoms with van der Waals surface area (Å²) in [4.78, 5) is 24.8. The number of allylic oxidation sites excluding steroid dienone is 1. The van der Waals surface area contributed by atoms with Crippen molar-refractivity contribution in [3.63, 3.8) is 0 Å². The van der Waals surface area contributed by atoms with Crippen LogP contribution >= 0.6 is 0 Å². The molecule has 0 fully saturated rings. The summed E-state index contributed by atoms with van der Waals surface area (Å²) in [6.45, 7) is 8.22. The standard InChI is InChI=1S/C25H26N4O3/c1-14(2)17-6-8-18(9-7-17)22-12-21(25(31)32)28-23-20(13-26-29(22)23)24(30)27-19-10-5-15(3)16(4)11-19/h5-14,22,28H,1-4H3,(H,27,30)(H,31,32)/t22-/m0/s1. The number of anilines is 2. The summed E-state index contributed by atoms with van der Waals surface area (Å²) in [5, 5.41) is 19.8. The number of hydrogen-bond acceptors (Lipinski definition) is 4. The van der Waals surface area contributed by atoms with Crippen LogP contribution in [-0.4, -0.2) is 26.8 Å². The second-order valence-corrected chi connectivity index (χ2v) is 8.38. The first-order valence-corrected chi connectivity index (χ1v) is 10.5. The van der Waals surface area contributed by atoms with E-state index in [-0.39, 0.29) is 17.2 Å². The number of carbonyl (C=O) groups excluding carboxylic acids is 1. The Morgan fingerprint density at radius 3 is 2.44 bits per heavy atom. The van der Waals surface area contributed by atoms with Crippen LogP contribution in [0.25, 0.3) is 0 Å². The molecule has 0 saturated heterocycles. The molecule has 1 atom stereocenters. The average Bonchev–Trinajstić information content (AvgIpc) is 3.20. The van der Waals surface area contributed by atoms with Crippen molar-refractivity contribution in [3.05, 3.63) is 88.3 Å². The van der Waals surface area contributed by atoms with Gasteiger partial charge in [0.2, 0.25) is 0 Å². The van der Waals surface area contributed by atoms with E-state index in [9.17, 15) is 14.7 Å². The van der Waals surface area contributed by atoms with Gasteiger partial charge in [-0.2, -0.15) is 5.10 Å². The molecule has 1 aliphatic rings. The number of fused-ring (bicyclic) bond motifs is 1. The number of carboxylic acids is 1. The highest BCUT2D eigenvalue weighted by atomic mass is 16.4. The first kappa shape index (κ1) is 21.4. The quantitative estimate of drug-likeness (QED) is 0.537. The third-order valence-electron chi connectivity index (χ3n) is 5.82. The van der Waals surface area contributed by atoms with Crippen molar-refractivity contribution in [3.8, 4) is 0 Å². The minimum atomic E-state index is -1.10. The zero-order valence-electron chi connectivity index (χ0n) is 18.5. The summed E-state index contributed by atoms with van der Waals surface area (Å²) >= 11 is 0. The predicted molar refractivity (Wildman–Crippen MR) is 124 cm³/mol. The number of amides is 1. The van der Waals surface area contributed by atoms with Crippen molar-refractivity contribution < 1.29 is 14.7 Å². The first-order valence-electron chi connectivity index (χ1n) is 10.5. The first-order chi connectivity index (χ1) is 15.2. The summed E-state index contributed by atoms with van der Waals surface area (Å²) in [5.74, 6) is -0.711. The predicted octanol–water partition coefficient (Wildman–Crippen LogP) is 4.86. The zero-order valence-corrected chi connectivity index (χ0v) is 18.5. The number of carbonyl (C=O) groups is 2. The minimum absolute atomic E-state index is 0.0103. The number of aryl methyl sites for hydroxylation is 2. The molecule has 1 amide bonds. The highest BCUT2D eigenvalue weighted by Crippen LogP contribution is 2.33. The number of benzene rings is 2. The fourth-order valence-corrected chi connectivity index (χ4v) is 3.72. The van der Waals surface area contributed by atoms with Crippen molar-refractivity contribution in [2.45, 2.75) is 39.7 Å². The second kappa shape index (κ2) is 8.34. The molecule has 32 heavy (non-hydrogen) atoms. The van der Waals surface area contributed by atoms with Crippen LogP contribution in [0.4, 0.5) is 11.5 Å². The molecule has 7 nitrogen and oxygen atoms in total. The molecule has 1 aliphatic heterocycles. The van der Waals surface area contributed by atoms with Gasteiger partial charge in [0, 0.05) is 5.69 Å². The van der Waals surface area contributed by atoms with Crippen molar-refractivity contribution in [1.82, 2.24) is 9.78 Å². The molecule has 0 unspecified atom stereocenters. The Morgan fingerprint density at radius 1 is 1.09 bits per heavy atom. The lowest BCUT2D eigenvalue weighted by Gasteiger charge is -2.24. The van der Waals surface area contributed by atoms with E-state index in [4.69, 9.17) is 0 Å². The van der Waals surface area contributed by atoms with Crippen LogP contribution in [0.1, 0.15) is 58.4 Å². The van der Waals surface area contributed by atoms with Crippen molar-refractivity contribution in [1.29, 1.82) is 0 Å². The monoisotopic (exact) mass is 430 g/mol. The lowest BCUT2D eigenvalue weighted by molar-refractivity contribution is -0.132. The van der Waals surface area contributed by atoms with Gasteiger partial charge in [0.1, 0.15) is 17.1 Å². The van der Waals surface area contributed by atoms with E-state index in [1.165, 1.54) is 11.8 Å². The van der Waals surface area contributed by atoms with Gasteiger partial charge < -0.3 is 15.7 Å². The molecule has 0 spiro atoms. The van der Waals surface area contributed by atoms with Crippen LogP contribution in [0, 0.1) is 13.8 Å². The van der Waals surface area contributed by atoms with Crippen LogP contribution < -0.4 is 10.6 Å². The summed E-state index contributed by atoms with van der Waals surface area (Å²) in [6.07, 6.45) is 3.07. The third kappa shape index (κ3) is 4.01. The lowest BCUT2D eigenvalue weighted by atomic mass is 9.98. The number of aromatic nitrogens is 2. The van der Waals surface area contributed by atoms with E-state index in [0.717, 1.165) is 16.7 Å². The minimum Gasteiger partial charge on any atom is -0.477 e. The van der Waals surface area contributed by atoms with Crippen LogP contribution in [0.5, 0.6) is 0 Å². The van der Waals surface area contributed by atoms with E-state index in [1.807, 2.05) is 56.3 Å². The molecule has 0 aliphatic carbocycles. The summed E-state index contributed by atoms with van der Waals surface area (Å²) in [7, 11) is 0. The number of hydrogen-bond donors (Lipinski definition) is 3. The maximum Gasteiger partial charge on any atom is 0.352 e. The van der Waals surface area contributed by atoms with Gasteiger partial charge in [0.05, 0.1) is 12.2 Å². The van der Waals surface area contributed by atoms with E-state index < -0.39 is 12.0 Å². The number of aliphatic carboxylic acids is 1. The fourth-order valence-electron chi connectivity index (χ4n) is 3.72. The fraction of sp³-hybridized carbons (Fsp3) is 0.240. The number of nitrogens with one attached hydrogen (secondary N) is 2. The Labute approximate surface area is 186 Å². The molecule has 2 heterocycles. The summed E-state index contributed by atoms with van der Waals surface area (Å²) in [5.41, 5.74) is 5.24. The van der Waals surface area contributed by atoms with Crippen molar-refractivity contribution in [2.24, 2.45) is 0 Å². The van der Waals surface area contributed by atoms with Crippen LogP contribution in [0.15, 0.2) is 60.4 Å². The molecule has 1 aromatic heterocycles. The highest BCUT2D eigenvalue weighted by molar-refractivity contribution is 6.08. The van der Waals surface area contributed by atoms with Crippen LogP contribution in [-0.2, 0) is 4.79 Å². The van der Waals surface area contributed by atoms with Crippen molar-refractivity contribution in [2.75, 3.05) is 10.6 Å². The maximum atomic E-state index is 13.0. The third-order valence-corrected chi connectivity index (χ3v) is 5.82. The molecule has 7 heteroatoms. The molecule has 164 valence electrons.